The number of pyridine rings is 1. The van der Waals surface area contributed by atoms with E-state index in [-0.39, 0.29) is 6.54 Å². The van der Waals surface area contributed by atoms with Crippen molar-refractivity contribution in [2.45, 2.75) is 37.5 Å². The van der Waals surface area contributed by atoms with E-state index in [1.165, 1.54) is 5.56 Å². The second-order valence-corrected chi connectivity index (χ2v) is 9.50. The molecular formula is C22H29N3O4S. The Labute approximate surface area is 179 Å². The first-order valence-corrected chi connectivity index (χ1v) is 11.5. The molecule has 30 heavy (non-hydrogen) atoms. The lowest BCUT2D eigenvalue weighted by atomic mass is 9.91. The van der Waals surface area contributed by atoms with Gasteiger partial charge in [-0.3, -0.25) is 14.4 Å². The van der Waals surface area contributed by atoms with Crippen molar-refractivity contribution in [3.8, 4) is 0 Å². The lowest BCUT2D eigenvalue weighted by Gasteiger charge is -2.27. The smallest absolute Gasteiger partial charge is 0.232 e. The minimum Gasteiger partial charge on any atom is -0.390 e. The third-order valence-electron chi connectivity index (χ3n) is 6.33. The molecule has 2 fully saturated rings. The lowest BCUT2D eigenvalue weighted by molar-refractivity contribution is 0.0327. The van der Waals surface area contributed by atoms with Crippen LogP contribution in [0.5, 0.6) is 0 Å². The molecule has 0 amide bonds. The Bertz CT molecular complexity index is 850. The monoisotopic (exact) mass is 431 g/mol. The summed E-state index contributed by atoms with van der Waals surface area (Å²) >= 11 is -2.06. The number of benzene rings is 1. The summed E-state index contributed by atoms with van der Waals surface area (Å²) in [6, 6.07) is 13.7. The lowest BCUT2D eigenvalue weighted by Crippen LogP contribution is -2.33. The van der Waals surface area contributed by atoms with E-state index in [0.29, 0.717) is 30.5 Å². The van der Waals surface area contributed by atoms with Crippen LogP contribution >= 0.6 is 0 Å². The van der Waals surface area contributed by atoms with Crippen LogP contribution in [0.1, 0.15) is 35.8 Å². The highest BCUT2D eigenvalue weighted by molar-refractivity contribution is 7.77. The highest BCUT2D eigenvalue weighted by Crippen LogP contribution is 2.45. The number of aromatic nitrogens is 1. The third-order valence-corrected chi connectivity index (χ3v) is 6.72. The first kappa shape index (κ1) is 21.5. The number of hydrogen-bond acceptors (Lipinski definition) is 5. The van der Waals surface area contributed by atoms with Crippen molar-refractivity contribution in [1.82, 2.24) is 14.6 Å². The number of nitrogens with zero attached hydrogens (tertiary/aromatic N) is 2. The second kappa shape index (κ2) is 9.21. The van der Waals surface area contributed by atoms with E-state index in [4.69, 9.17) is 4.55 Å². The molecule has 2 heterocycles. The molecule has 0 bridgehead atoms. The summed E-state index contributed by atoms with van der Waals surface area (Å²) in [6.45, 7) is 2.55. The number of hydrogen-bond donors (Lipinski definition) is 4. The minimum absolute atomic E-state index is 0.244. The van der Waals surface area contributed by atoms with Crippen LogP contribution in [0.4, 0.5) is 0 Å². The van der Waals surface area contributed by atoms with Crippen molar-refractivity contribution in [3.05, 3.63) is 65.5 Å². The number of likely N-dealkylation sites (tertiary alicyclic amines) is 1. The van der Waals surface area contributed by atoms with Crippen molar-refractivity contribution in [2.24, 2.45) is 11.8 Å². The Kier molecular flexibility index (Phi) is 6.62. The number of rotatable bonds is 8. The third kappa shape index (κ3) is 5.32. The second-order valence-electron chi connectivity index (χ2n) is 8.71. The molecule has 7 nitrogen and oxygen atoms in total. The van der Waals surface area contributed by atoms with Gasteiger partial charge in [-0.05, 0) is 41.9 Å². The average molecular weight is 432 g/mol. The van der Waals surface area contributed by atoms with Gasteiger partial charge < -0.3 is 10.2 Å². The van der Waals surface area contributed by atoms with Crippen molar-refractivity contribution < 1.29 is 19.0 Å². The zero-order valence-electron chi connectivity index (χ0n) is 16.9. The van der Waals surface area contributed by atoms with Crippen LogP contribution in [-0.4, -0.2) is 54.1 Å². The highest BCUT2D eigenvalue weighted by atomic mass is 32.2. The Balaban J connectivity index is 1.27. The van der Waals surface area contributed by atoms with Gasteiger partial charge >= 0.3 is 0 Å². The summed E-state index contributed by atoms with van der Waals surface area (Å²) in [4.78, 5) is 6.58. The van der Waals surface area contributed by atoms with E-state index in [2.05, 4.69) is 26.7 Å². The van der Waals surface area contributed by atoms with E-state index in [1.807, 2.05) is 18.2 Å². The van der Waals surface area contributed by atoms with Gasteiger partial charge in [-0.15, -0.1) is 0 Å². The molecule has 4 rings (SSSR count). The molecule has 1 saturated carbocycles. The Morgan fingerprint density at radius 2 is 1.83 bits per heavy atom. The van der Waals surface area contributed by atoms with Gasteiger partial charge in [0.1, 0.15) is 6.10 Å². The van der Waals surface area contributed by atoms with Crippen LogP contribution < -0.4 is 4.72 Å². The van der Waals surface area contributed by atoms with E-state index >= 15 is 0 Å². The molecule has 1 aromatic carbocycles. The quantitative estimate of drug-likeness (QED) is 0.474. The standard InChI is InChI=1S/C22H29N3O4S/c26-21(20-7-6-17(11-23-20)12-24-30(28)29)15-25-13-18-9-22(27,10-19(18)14-25)8-16-4-2-1-3-5-16/h1-7,11,18-19,21,24,26-27H,8-10,12-15H2,(H,28,29)/t18-,19+,21?,22?. The summed E-state index contributed by atoms with van der Waals surface area (Å²) in [6.07, 6.45) is 3.26. The number of fused-ring (bicyclic) bond motifs is 1. The van der Waals surface area contributed by atoms with Crippen LogP contribution in [0.3, 0.4) is 0 Å². The average Bonchev–Trinajstić information content (AvgIpc) is 3.21. The van der Waals surface area contributed by atoms with Crippen LogP contribution in [0.25, 0.3) is 0 Å². The number of aliphatic hydroxyl groups is 2. The van der Waals surface area contributed by atoms with Gasteiger partial charge in [0.2, 0.25) is 11.3 Å². The van der Waals surface area contributed by atoms with Crippen LogP contribution in [0.2, 0.25) is 0 Å². The fourth-order valence-electron chi connectivity index (χ4n) is 5.05. The van der Waals surface area contributed by atoms with Crippen LogP contribution in [0, 0.1) is 11.8 Å². The van der Waals surface area contributed by atoms with Crippen molar-refractivity contribution >= 4 is 11.3 Å². The largest absolute Gasteiger partial charge is 0.390 e. The predicted molar refractivity (Wildman–Crippen MR) is 115 cm³/mol. The Morgan fingerprint density at radius 3 is 2.43 bits per heavy atom. The maximum Gasteiger partial charge on any atom is 0.232 e. The van der Waals surface area contributed by atoms with Crippen molar-refractivity contribution in [3.63, 3.8) is 0 Å². The SMILES string of the molecule is O=S(O)NCc1ccc(C(O)CN2C[C@@H]3CC(O)(Cc4ccccc4)C[C@@H]3C2)nc1. The van der Waals surface area contributed by atoms with Crippen LogP contribution in [0.15, 0.2) is 48.7 Å². The molecule has 5 atom stereocenters. The van der Waals surface area contributed by atoms with Gasteiger partial charge in [0, 0.05) is 38.8 Å². The van der Waals surface area contributed by atoms with Gasteiger partial charge in [-0.2, -0.15) is 0 Å². The van der Waals surface area contributed by atoms with Crippen molar-refractivity contribution in [2.75, 3.05) is 19.6 Å². The molecule has 1 aliphatic carbocycles. The predicted octanol–water partition coefficient (Wildman–Crippen LogP) is 1.66. The van der Waals surface area contributed by atoms with E-state index in [0.717, 1.165) is 31.5 Å². The number of β-amino-alcohol motifs (C(OH)–C–C–N with tert-alkyl or cyclic N) is 1. The maximum atomic E-state index is 11.1. The normalized spacial score (nSPS) is 28.4. The highest BCUT2D eigenvalue weighted by Gasteiger charge is 2.48. The number of nitrogens with one attached hydrogen (secondary N) is 1. The van der Waals surface area contributed by atoms with Crippen molar-refractivity contribution in [1.29, 1.82) is 0 Å². The maximum absolute atomic E-state index is 11.1. The zero-order valence-corrected chi connectivity index (χ0v) is 17.7. The van der Waals surface area contributed by atoms with Gasteiger partial charge in [-0.1, -0.05) is 36.4 Å². The molecule has 3 unspecified atom stereocenters. The molecule has 1 aliphatic heterocycles. The molecule has 1 saturated heterocycles. The summed E-state index contributed by atoms with van der Waals surface area (Å²) in [5.41, 5.74) is 1.94. The van der Waals surface area contributed by atoms with Crippen LogP contribution in [-0.2, 0) is 24.2 Å². The fourth-order valence-corrected chi connectivity index (χ4v) is 5.34. The fraction of sp³-hybridized carbons (Fsp3) is 0.500. The summed E-state index contributed by atoms with van der Waals surface area (Å²) in [5.74, 6) is 0.929. The topological polar surface area (TPSA) is 106 Å². The number of aliphatic hydroxyl groups excluding tert-OH is 1. The first-order valence-electron chi connectivity index (χ1n) is 10.4. The molecule has 2 aromatic rings. The summed E-state index contributed by atoms with van der Waals surface area (Å²) in [7, 11) is 0. The molecule has 8 heteroatoms. The Morgan fingerprint density at radius 1 is 1.13 bits per heavy atom. The molecule has 162 valence electrons. The molecule has 2 aliphatic rings. The molecular weight excluding hydrogens is 402 g/mol. The zero-order chi connectivity index (χ0) is 21.1. The Hall–Kier alpha value is -1.68. The van der Waals surface area contributed by atoms with E-state index < -0.39 is 23.0 Å². The van der Waals surface area contributed by atoms with Gasteiger partial charge in [-0.25, -0.2) is 8.93 Å². The molecule has 0 radical (unpaired) electrons. The minimum atomic E-state index is -2.06. The van der Waals surface area contributed by atoms with E-state index in [1.54, 1.807) is 18.3 Å². The molecule has 1 aromatic heterocycles. The van der Waals surface area contributed by atoms with E-state index in [9.17, 15) is 14.4 Å². The summed E-state index contributed by atoms with van der Waals surface area (Å²) < 4.78 is 21.9. The summed E-state index contributed by atoms with van der Waals surface area (Å²) in [5, 5.41) is 21.7. The van der Waals surface area contributed by atoms with Gasteiger partial charge in [0.15, 0.2) is 0 Å². The molecule has 4 N–H and O–H groups in total. The van der Waals surface area contributed by atoms with Gasteiger partial charge in [0.05, 0.1) is 11.3 Å². The van der Waals surface area contributed by atoms with Gasteiger partial charge in [0.25, 0.3) is 0 Å². The first-order chi connectivity index (χ1) is 14.4. The molecule has 0 spiro atoms.